The van der Waals surface area contributed by atoms with Gasteiger partial charge in [-0.05, 0) is 25.0 Å². The summed E-state index contributed by atoms with van der Waals surface area (Å²) in [5.41, 5.74) is 5.76. The lowest BCUT2D eigenvalue weighted by Gasteiger charge is -2.22. The fraction of sp³-hybridized carbons (Fsp3) is 0.500. The van der Waals surface area contributed by atoms with Crippen LogP contribution in [-0.2, 0) is 4.79 Å². The molecule has 0 unspecified atom stereocenters. The standard InChI is InChI=1S/C14H19FN2O2/c15-12-8-10(16)6-7-13(12)19-9-14(18)17-11-4-2-1-3-5-11/h6-8,11H,1-5,9,16H2,(H,17,18). The van der Waals surface area contributed by atoms with E-state index in [9.17, 15) is 9.18 Å². The number of carbonyl (C=O) groups is 1. The second kappa shape index (κ2) is 6.41. The number of nitrogen functional groups attached to an aromatic ring is 1. The number of amides is 1. The van der Waals surface area contributed by atoms with Crippen LogP contribution in [0, 0.1) is 5.82 Å². The number of nitrogens with one attached hydrogen (secondary N) is 1. The van der Waals surface area contributed by atoms with Crippen molar-refractivity contribution in [1.82, 2.24) is 5.32 Å². The second-order valence-electron chi connectivity index (χ2n) is 4.88. The van der Waals surface area contributed by atoms with Gasteiger partial charge in [0.25, 0.3) is 5.91 Å². The largest absolute Gasteiger partial charge is 0.481 e. The van der Waals surface area contributed by atoms with Crippen molar-refractivity contribution in [2.24, 2.45) is 0 Å². The van der Waals surface area contributed by atoms with Gasteiger partial charge >= 0.3 is 0 Å². The number of hydrogen-bond acceptors (Lipinski definition) is 3. The van der Waals surface area contributed by atoms with Crippen molar-refractivity contribution >= 4 is 11.6 Å². The molecular formula is C14H19FN2O2. The highest BCUT2D eigenvalue weighted by Gasteiger charge is 2.16. The SMILES string of the molecule is Nc1ccc(OCC(=O)NC2CCCCC2)c(F)c1. The molecular weight excluding hydrogens is 247 g/mol. The molecule has 1 amide bonds. The van der Waals surface area contributed by atoms with Crippen LogP contribution in [0.3, 0.4) is 0 Å². The van der Waals surface area contributed by atoms with Gasteiger partial charge in [0.1, 0.15) is 0 Å². The minimum atomic E-state index is -0.550. The maximum Gasteiger partial charge on any atom is 0.258 e. The molecule has 3 N–H and O–H groups in total. The molecule has 1 aromatic rings. The van der Waals surface area contributed by atoms with Gasteiger partial charge in [-0.2, -0.15) is 0 Å². The Morgan fingerprint density at radius 1 is 1.37 bits per heavy atom. The monoisotopic (exact) mass is 266 g/mol. The zero-order chi connectivity index (χ0) is 13.7. The Balaban J connectivity index is 1.79. The Kier molecular flexibility index (Phi) is 4.60. The molecule has 0 atom stereocenters. The van der Waals surface area contributed by atoms with Crippen molar-refractivity contribution in [1.29, 1.82) is 0 Å². The first-order chi connectivity index (χ1) is 9.15. The highest BCUT2D eigenvalue weighted by molar-refractivity contribution is 5.77. The lowest BCUT2D eigenvalue weighted by atomic mass is 9.95. The molecule has 2 rings (SSSR count). The summed E-state index contributed by atoms with van der Waals surface area (Å²) in [4.78, 5) is 11.7. The van der Waals surface area contributed by atoms with Crippen molar-refractivity contribution in [3.8, 4) is 5.75 Å². The van der Waals surface area contributed by atoms with E-state index in [1.807, 2.05) is 0 Å². The molecule has 0 radical (unpaired) electrons. The fourth-order valence-electron chi connectivity index (χ4n) is 2.29. The molecule has 104 valence electrons. The number of rotatable bonds is 4. The molecule has 1 aromatic carbocycles. The van der Waals surface area contributed by atoms with E-state index >= 15 is 0 Å². The topological polar surface area (TPSA) is 64.3 Å². The van der Waals surface area contributed by atoms with E-state index in [4.69, 9.17) is 10.5 Å². The van der Waals surface area contributed by atoms with Gasteiger partial charge in [-0.3, -0.25) is 4.79 Å². The highest BCUT2D eigenvalue weighted by Crippen LogP contribution is 2.19. The number of halogens is 1. The number of ether oxygens (including phenoxy) is 1. The number of anilines is 1. The lowest BCUT2D eigenvalue weighted by molar-refractivity contribution is -0.124. The third kappa shape index (κ3) is 4.12. The van der Waals surface area contributed by atoms with E-state index in [1.54, 1.807) is 0 Å². The maximum absolute atomic E-state index is 13.4. The highest BCUT2D eigenvalue weighted by atomic mass is 19.1. The predicted molar refractivity (Wildman–Crippen MR) is 71.3 cm³/mol. The van der Waals surface area contributed by atoms with E-state index in [0.29, 0.717) is 5.69 Å². The number of hydrogen-bond donors (Lipinski definition) is 2. The van der Waals surface area contributed by atoms with Gasteiger partial charge in [-0.15, -0.1) is 0 Å². The van der Waals surface area contributed by atoms with E-state index in [2.05, 4.69) is 5.32 Å². The molecule has 1 aliphatic carbocycles. The summed E-state index contributed by atoms with van der Waals surface area (Å²) in [6, 6.07) is 4.38. The summed E-state index contributed by atoms with van der Waals surface area (Å²) >= 11 is 0. The van der Waals surface area contributed by atoms with Crippen LogP contribution in [0.4, 0.5) is 10.1 Å². The minimum absolute atomic E-state index is 0.0491. The number of benzene rings is 1. The van der Waals surface area contributed by atoms with Gasteiger partial charge < -0.3 is 15.8 Å². The van der Waals surface area contributed by atoms with Crippen molar-refractivity contribution in [2.45, 2.75) is 38.1 Å². The van der Waals surface area contributed by atoms with E-state index in [-0.39, 0.29) is 24.3 Å². The molecule has 0 bridgehead atoms. The van der Waals surface area contributed by atoms with Crippen LogP contribution in [-0.4, -0.2) is 18.6 Å². The zero-order valence-corrected chi connectivity index (χ0v) is 10.8. The predicted octanol–water partition coefficient (Wildman–Crippen LogP) is 2.24. The maximum atomic E-state index is 13.4. The molecule has 0 saturated heterocycles. The smallest absolute Gasteiger partial charge is 0.258 e. The molecule has 0 heterocycles. The molecule has 19 heavy (non-hydrogen) atoms. The number of nitrogens with two attached hydrogens (primary N) is 1. The first-order valence-electron chi connectivity index (χ1n) is 6.62. The molecule has 5 heteroatoms. The van der Waals surface area contributed by atoms with E-state index in [1.165, 1.54) is 24.6 Å². The van der Waals surface area contributed by atoms with Gasteiger partial charge in [0.2, 0.25) is 0 Å². The van der Waals surface area contributed by atoms with Gasteiger partial charge in [-0.25, -0.2) is 4.39 Å². The molecule has 0 aliphatic heterocycles. The summed E-state index contributed by atoms with van der Waals surface area (Å²) in [7, 11) is 0. The van der Waals surface area contributed by atoms with Crippen molar-refractivity contribution in [3.63, 3.8) is 0 Å². The quantitative estimate of drug-likeness (QED) is 0.821. The molecule has 1 saturated carbocycles. The molecule has 4 nitrogen and oxygen atoms in total. The van der Waals surface area contributed by atoms with E-state index in [0.717, 1.165) is 25.7 Å². The van der Waals surface area contributed by atoms with Crippen molar-refractivity contribution in [3.05, 3.63) is 24.0 Å². The third-order valence-electron chi connectivity index (χ3n) is 3.28. The first-order valence-corrected chi connectivity index (χ1v) is 6.62. The average molecular weight is 266 g/mol. The summed E-state index contributed by atoms with van der Waals surface area (Å²) < 4.78 is 18.6. The van der Waals surface area contributed by atoms with Crippen LogP contribution < -0.4 is 15.8 Å². The van der Waals surface area contributed by atoms with Gasteiger partial charge in [-0.1, -0.05) is 19.3 Å². The van der Waals surface area contributed by atoms with Crippen LogP contribution in [0.5, 0.6) is 5.75 Å². The van der Waals surface area contributed by atoms with Crippen LogP contribution in [0.1, 0.15) is 32.1 Å². The van der Waals surface area contributed by atoms with Crippen LogP contribution in [0.15, 0.2) is 18.2 Å². The third-order valence-corrected chi connectivity index (χ3v) is 3.28. The van der Waals surface area contributed by atoms with Gasteiger partial charge in [0, 0.05) is 17.8 Å². The Labute approximate surface area is 112 Å². The van der Waals surface area contributed by atoms with E-state index < -0.39 is 5.82 Å². The lowest BCUT2D eigenvalue weighted by Crippen LogP contribution is -2.39. The molecule has 0 aromatic heterocycles. The van der Waals surface area contributed by atoms with Gasteiger partial charge in [0.05, 0.1) is 0 Å². The first kappa shape index (κ1) is 13.6. The number of carbonyl (C=O) groups excluding carboxylic acids is 1. The molecule has 1 aliphatic rings. The van der Waals surface area contributed by atoms with Crippen LogP contribution in [0.25, 0.3) is 0 Å². The summed E-state index contributed by atoms with van der Waals surface area (Å²) in [5.74, 6) is -0.707. The van der Waals surface area contributed by atoms with Crippen molar-refractivity contribution in [2.75, 3.05) is 12.3 Å². The van der Waals surface area contributed by atoms with Crippen LogP contribution >= 0.6 is 0 Å². The van der Waals surface area contributed by atoms with Gasteiger partial charge in [0.15, 0.2) is 18.2 Å². The van der Waals surface area contributed by atoms with Crippen LogP contribution in [0.2, 0.25) is 0 Å². The van der Waals surface area contributed by atoms with Crippen molar-refractivity contribution < 1.29 is 13.9 Å². The Bertz CT molecular complexity index is 445. The Morgan fingerprint density at radius 2 is 2.11 bits per heavy atom. The summed E-state index contributed by atoms with van der Waals surface area (Å²) in [6.45, 7) is -0.169. The normalized spacial score (nSPS) is 16.1. The fourth-order valence-corrected chi connectivity index (χ4v) is 2.29. The summed E-state index contributed by atoms with van der Waals surface area (Å²) in [5, 5.41) is 2.91. The molecule has 0 spiro atoms. The average Bonchev–Trinajstić information content (AvgIpc) is 2.39. The second-order valence-corrected chi connectivity index (χ2v) is 4.88. The summed E-state index contributed by atoms with van der Waals surface area (Å²) in [6.07, 6.45) is 5.57. The zero-order valence-electron chi connectivity index (χ0n) is 10.8. The minimum Gasteiger partial charge on any atom is -0.481 e. The molecule has 1 fully saturated rings. The Hall–Kier alpha value is -1.78. The Morgan fingerprint density at radius 3 is 2.79 bits per heavy atom.